The Morgan fingerprint density at radius 2 is 2.53 bits per heavy atom. The smallest absolute Gasteiger partial charge is 0.124 e. The number of furan rings is 1. The molecule has 0 bridgehead atoms. The molecule has 2 rings (SSSR count). The van der Waals surface area contributed by atoms with Crippen LogP contribution in [0.25, 0.3) is 0 Å². The van der Waals surface area contributed by atoms with Crippen molar-refractivity contribution in [1.29, 1.82) is 0 Å². The average molecular weight is 239 g/mol. The van der Waals surface area contributed by atoms with Crippen LogP contribution >= 0.6 is 0 Å². The van der Waals surface area contributed by atoms with E-state index in [-0.39, 0.29) is 12.1 Å². The van der Waals surface area contributed by atoms with E-state index >= 15 is 0 Å². The Kier molecular flexibility index (Phi) is 4.56. The van der Waals surface area contributed by atoms with Gasteiger partial charge in [0.1, 0.15) is 11.8 Å². The van der Waals surface area contributed by atoms with Crippen LogP contribution in [-0.4, -0.2) is 37.2 Å². The maximum absolute atomic E-state index is 5.79. The van der Waals surface area contributed by atoms with E-state index in [9.17, 15) is 0 Å². The van der Waals surface area contributed by atoms with Gasteiger partial charge in [-0.05, 0) is 25.1 Å². The molecule has 0 aliphatic carbocycles. The molecular formula is C12H21N3O2. The Morgan fingerprint density at radius 3 is 3.18 bits per heavy atom. The van der Waals surface area contributed by atoms with Crippen LogP contribution in [0.3, 0.4) is 0 Å². The predicted octanol–water partition coefficient (Wildman–Crippen LogP) is 0.895. The zero-order valence-corrected chi connectivity index (χ0v) is 10.3. The summed E-state index contributed by atoms with van der Waals surface area (Å²) in [6.07, 6.45) is 2.87. The van der Waals surface area contributed by atoms with Crippen molar-refractivity contribution in [2.45, 2.75) is 25.5 Å². The van der Waals surface area contributed by atoms with Crippen LogP contribution in [0.5, 0.6) is 0 Å². The first-order chi connectivity index (χ1) is 8.35. The molecule has 2 atom stereocenters. The molecule has 1 aliphatic rings. The molecule has 1 saturated heterocycles. The molecule has 17 heavy (non-hydrogen) atoms. The van der Waals surface area contributed by atoms with E-state index in [0.29, 0.717) is 0 Å². The number of hydrogen-bond donors (Lipinski definition) is 2. The van der Waals surface area contributed by atoms with Gasteiger partial charge in [0.15, 0.2) is 0 Å². The number of morpholine rings is 1. The molecule has 0 amide bonds. The van der Waals surface area contributed by atoms with Crippen LogP contribution < -0.4 is 11.3 Å². The highest BCUT2D eigenvalue weighted by Gasteiger charge is 2.29. The highest BCUT2D eigenvalue weighted by atomic mass is 16.5. The third-order valence-corrected chi connectivity index (χ3v) is 3.12. The van der Waals surface area contributed by atoms with Gasteiger partial charge < -0.3 is 9.15 Å². The van der Waals surface area contributed by atoms with Crippen molar-refractivity contribution in [3.05, 3.63) is 24.2 Å². The van der Waals surface area contributed by atoms with Crippen LogP contribution in [0.2, 0.25) is 0 Å². The number of nitrogens with zero attached hydrogens (tertiary/aromatic N) is 1. The number of ether oxygens (including phenoxy) is 1. The molecule has 0 radical (unpaired) electrons. The molecule has 1 aromatic heterocycles. The van der Waals surface area contributed by atoms with E-state index in [1.165, 1.54) is 0 Å². The first-order valence-corrected chi connectivity index (χ1v) is 6.18. The second-order valence-electron chi connectivity index (χ2n) is 4.37. The van der Waals surface area contributed by atoms with E-state index in [0.717, 1.165) is 38.4 Å². The highest BCUT2D eigenvalue weighted by Crippen LogP contribution is 2.22. The second kappa shape index (κ2) is 6.16. The van der Waals surface area contributed by atoms with Crippen LogP contribution in [0, 0.1) is 0 Å². The highest BCUT2D eigenvalue weighted by molar-refractivity contribution is 5.07. The molecule has 2 heterocycles. The monoisotopic (exact) mass is 239 g/mol. The average Bonchev–Trinajstić information content (AvgIpc) is 2.85. The van der Waals surface area contributed by atoms with Crippen molar-refractivity contribution in [2.24, 2.45) is 5.84 Å². The minimum atomic E-state index is -0.0790. The lowest BCUT2D eigenvalue weighted by molar-refractivity contribution is -0.0503. The summed E-state index contributed by atoms with van der Waals surface area (Å²) in [4.78, 5) is 2.40. The third-order valence-electron chi connectivity index (χ3n) is 3.12. The number of hydrazine groups is 1. The van der Waals surface area contributed by atoms with E-state index < -0.39 is 0 Å². The van der Waals surface area contributed by atoms with Crippen molar-refractivity contribution in [3.63, 3.8) is 0 Å². The van der Waals surface area contributed by atoms with Crippen LogP contribution in [-0.2, 0) is 4.74 Å². The summed E-state index contributed by atoms with van der Waals surface area (Å²) in [7, 11) is 0. The summed E-state index contributed by atoms with van der Waals surface area (Å²) < 4.78 is 11.2. The van der Waals surface area contributed by atoms with Gasteiger partial charge in [0.05, 0.1) is 19.0 Å². The molecule has 0 saturated carbocycles. The van der Waals surface area contributed by atoms with Gasteiger partial charge in [0.2, 0.25) is 0 Å². The summed E-state index contributed by atoms with van der Waals surface area (Å²) in [5.41, 5.74) is 2.79. The third kappa shape index (κ3) is 3.07. The van der Waals surface area contributed by atoms with Crippen molar-refractivity contribution in [3.8, 4) is 0 Å². The van der Waals surface area contributed by atoms with Crippen molar-refractivity contribution in [2.75, 3.05) is 26.2 Å². The topological polar surface area (TPSA) is 63.7 Å². The molecule has 5 heteroatoms. The maximum atomic E-state index is 5.79. The molecule has 5 nitrogen and oxygen atoms in total. The van der Waals surface area contributed by atoms with Gasteiger partial charge >= 0.3 is 0 Å². The van der Waals surface area contributed by atoms with Crippen LogP contribution in [0.15, 0.2) is 22.8 Å². The molecule has 0 aromatic carbocycles. The number of nitrogens with one attached hydrogen (secondary N) is 1. The summed E-state index contributed by atoms with van der Waals surface area (Å²) in [6.45, 7) is 5.94. The van der Waals surface area contributed by atoms with E-state index in [1.807, 2.05) is 12.1 Å². The Hall–Kier alpha value is -0.880. The van der Waals surface area contributed by atoms with Gasteiger partial charge in [-0.15, -0.1) is 0 Å². The fourth-order valence-corrected chi connectivity index (χ4v) is 2.29. The zero-order chi connectivity index (χ0) is 12.1. The molecule has 2 unspecified atom stereocenters. The summed E-state index contributed by atoms with van der Waals surface area (Å²) in [5, 5.41) is 0. The lowest BCUT2D eigenvalue weighted by Gasteiger charge is -2.35. The van der Waals surface area contributed by atoms with Crippen LogP contribution in [0.1, 0.15) is 25.1 Å². The minimum Gasteiger partial charge on any atom is -0.468 e. The predicted molar refractivity (Wildman–Crippen MR) is 65.2 cm³/mol. The fourth-order valence-electron chi connectivity index (χ4n) is 2.29. The van der Waals surface area contributed by atoms with Crippen molar-refractivity contribution in [1.82, 2.24) is 10.3 Å². The van der Waals surface area contributed by atoms with Gasteiger partial charge in [0.25, 0.3) is 0 Å². The molecule has 96 valence electrons. The summed E-state index contributed by atoms with van der Waals surface area (Å²) in [6, 6.07) is 3.71. The summed E-state index contributed by atoms with van der Waals surface area (Å²) >= 11 is 0. The Bertz CT molecular complexity index is 314. The molecule has 3 N–H and O–H groups in total. The number of nitrogens with two attached hydrogens (primary N) is 1. The lowest BCUT2D eigenvalue weighted by Crippen LogP contribution is -2.49. The largest absolute Gasteiger partial charge is 0.468 e. The summed E-state index contributed by atoms with van der Waals surface area (Å²) in [5.74, 6) is 6.44. The number of rotatable bonds is 5. The Labute approximate surface area is 102 Å². The molecule has 1 fully saturated rings. The van der Waals surface area contributed by atoms with E-state index in [2.05, 4.69) is 17.2 Å². The van der Waals surface area contributed by atoms with Gasteiger partial charge in [-0.2, -0.15) is 0 Å². The van der Waals surface area contributed by atoms with Crippen LogP contribution in [0.4, 0.5) is 0 Å². The first kappa shape index (κ1) is 12.6. The molecule has 0 spiro atoms. The normalized spacial score (nSPS) is 23.8. The van der Waals surface area contributed by atoms with Gasteiger partial charge in [-0.25, -0.2) is 5.43 Å². The first-order valence-electron chi connectivity index (χ1n) is 6.18. The standard InChI is InChI=1S/C12H21N3O2/c1-2-5-15-6-8-17-11(9-15)12(14-13)10-4-3-7-16-10/h3-4,7,11-12,14H,2,5-6,8-9,13H2,1H3. The van der Waals surface area contributed by atoms with Crippen molar-refractivity contribution < 1.29 is 9.15 Å². The SMILES string of the molecule is CCCN1CCOC(C(NN)c2ccco2)C1. The number of hydrogen-bond acceptors (Lipinski definition) is 5. The molecular weight excluding hydrogens is 218 g/mol. The Morgan fingerprint density at radius 1 is 1.65 bits per heavy atom. The van der Waals surface area contributed by atoms with E-state index in [1.54, 1.807) is 6.26 Å². The van der Waals surface area contributed by atoms with Crippen molar-refractivity contribution >= 4 is 0 Å². The Balaban J connectivity index is 1.99. The minimum absolute atomic E-state index is 0.0476. The second-order valence-corrected chi connectivity index (χ2v) is 4.37. The quantitative estimate of drug-likeness (QED) is 0.590. The van der Waals surface area contributed by atoms with E-state index in [4.69, 9.17) is 15.0 Å². The fraction of sp³-hybridized carbons (Fsp3) is 0.667. The maximum Gasteiger partial charge on any atom is 0.124 e. The van der Waals surface area contributed by atoms with Gasteiger partial charge in [-0.1, -0.05) is 6.92 Å². The zero-order valence-electron chi connectivity index (χ0n) is 10.3. The van der Waals surface area contributed by atoms with Gasteiger partial charge in [0, 0.05) is 13.1 Å². The molecule has 1 aromatic rings. The lowest BCUT2D eigenvalue weighted by atomic mass is 10.1. The van der Waals surface area contributed by atoms with Gasteiger partial charge in [-0.3, -0.25) is 10.7 Å². The molecule has 1 aliphatic heterocycles.